The van der Waals surface area contributed by atoms with Gasteiger partial charge in [0.05, 0.1) is 0 Å². The van der Waals surface area contributed by atoms with E-state index in [2.05, 4.69) is 4.52 Å². The van der Waals surface area contributed by atoms with Crippen LogP contribution in [0.5, 0.6) is 0 Å². The first-order valence-electron chi connectivity index (χ1n) is 4.15. The normalized spacial score (nSPS) is 12.5. The predicted octanol–water partition coefficient (Wildman–Crippen LogP) is 1.74. The van der Waals surface area contributed by atoms with Gasteiger partial charge in [0, 0.05) is 6.08 Å². The van der Waals surface area contributed by atoms with E-state index in [1.165, 1.54) is 6.08 Å². The van der Waals surface area contributed by atoms with E-state index in [1.807, 2.05) is 30.3 Å². The molecule has 0 spiro atoms. The summed E-state index contributed by atoms with van der Waals surface area (Å²) in [5, 5.41) is 8.99. The molecule has 1 aromatic rings. The molecule has 0 fully saturated rings. The van der Waals surface area contributed by atoms with Crippen molar-refractivity contribution in [2.75, 3.05) is 0 Å². The number of rotatable bonds is 4. The number of benzene rings is 1. The maximum Gasteiger partial charge on any atom is 0.527 e. The summed E-state index contributed by atoms with van der Waals surface area (Å²) < 4.78 is 14.3. The minimum Gasteiger partial charge on any atom is -0.481 e. The predicted molar refractivity (Wildman–Crippen MR) is 54.0 cm³/mol. The summed E-state index contributed by atoms with van der Waals surface area (Å²) >= 11 is 0. The molecule has 0 heterocycles. The van der Waals surface area contributed by atoms with Crippen molar-refractivity contribution in [2.24, 2.45) is 0 Å². The van der Waals surface area contributed by atoms with E-state index in [9.17, 15) is 4.57 Å². The molecule has 0 aromatic heterocycles. The van der Waals surface area contributed by atoms with Gasteiger partial charge in [0.1, 0.15) is 0 Å². The molecule has 1 aromatic carbocycles. The molecule has 0 amide bonds. The average molecular weight is 230 g/mol. The van der Waals surface area contributed by atoms with Crippen LogP contribution in [0.3, 0.4) is 0 Å². The smallest absolute Gasteiger partial charge is 0.481 e. The maximum absolute atomic E-state index is 10.3. The first-order valence-corrected chi connectivity index (χ1v) is 5.68. The molecule has 82 valence electrons. The van der Waals surface area contributed by atoms with Gasteiger partial charge in [0.2, 0.25) is 0 Å². The van der Waals surface area contributed by atoms with E-state index in [0.29, 0.717) is 6.42 Å². The first-order chi connectivity index (χ1) is 6.97. The molecule has 3 N–H and O–H groups in total. The highest BCUT2D eigenvalue weighted by Gasteiger charge is 2.16. The molecule has 0 aliphatic rings. The second kappa shape index (κ2) is 4.98. The highest BCUT2D eigenvalue weighted by Crippen LogP contribution is 2.38. The zero-order chi connectivity index (χ0) is 11.3. The van der Waals surface area contributed by atoms with E-state index < -0.39 is 13.8 Å². The van der Waals surface area contributed by atoms with Crippen LogP contribution in [0.15, 0.2) is 42.4 Å². The molecule has 15 heavy (non-hydrogen) atoms. The van der Waals surface area contributed by atoms with Crippen molar-refractivity contribution in [1.82, 2.24) is 0 Å². The van der Waals surface area contributed by atoms with Crippen molar-refractivity contribution in [1.29, 1.82) is 0 Å². The lowest BCUT2D eigenvalue weighted by molar-refractivity contribution is 0.152. The van der Waals surface area contributed by atoms with Crippen molar-refractivity contribution >= 4 is 7.82 Å². The summed E-state index contributed by atoms with van der Waals surface area (Å²) in [5.74, 6) is -0.771. The maximum atomic E-state index is 10.3. The Morgan fingerprint density at radius 2 is 1.93 bits per heavy atom. The van der Waals surface area contributed by atoms with Crippen LogP contribution in [0.4, 0.5) is 0 Å². The molecule has 0 saturated carbocycles. The van der Waals surface area contributed by atoms with Gasteiger partial charge in [-0.2, -0.15) is 0 Å². The molecule has 0 aliphatic heterocycles. The van der Waals surface area contributed by atoms with Crippen LogP contribution in [-0.2, 0) is 15.5 Å². The van der Waals surface area contributed by atoms with Crippen molar-refractivity contribution in [3.63, 3.8) is 0 Å². The van der Waals surface area contributed by atoms with E-state index in [-0.39, 0.29) is 0 Å². The quantitative estimate of drug-likeness (QED) is 0.541. The van der Waals surface area contributed by atoms with Crippen LogP contribution in [0.1, 0.15) is 5.56 Å². The zero-order valence-corrected chi connectivity index (χ0v) is 8.67. The summed E-state index contributed by atoms with van der Waals surface area (Å²) in [6.07, 6.45) is 1.53. The summed E-state index contributed by atoms with van der Waals surface area (Å²) in [7, 11) is -4.66. The van der Waals surface area contributed by atoms with Gasteiger partial charge in [-0.1, -0.05) is 30.3 Å². The van der Waals surface area contributed by atoms with E-state index in [1.54, 1.807) is 0 Å². The van der Waals surface area contributed by atoms with E-state index in [0.717, 1.165) is 5.56 Å². The van der Waals surface area contributed by atoms with Gasteiger partial charge in [-0.25, -0.2) is 4.57 Å². The van der Waals surface area contributed by atoms with Crippen molar-refractivity contribution in [2.45, 2.75) is 6.42 Å². The molecule has 0 bridgehead atoms. The monoisotopic (exact) mass is 230 g/mol. The summed E-state index contributed by atoms with van der Waals surface area (Å²) in [6.45, 7) is 0. The van der Waals surface area contributed by atoms with E-state index >= 15 is 0 Å². The topological polar surface area (TPSA) is 87.0 Å². The molecule has 0 unspecified atom stereocenters. The Hall–Kier alpha value is -1.29. The summed E-state index contributed by atoms with van der Waals surface area (Å²) in [6, 6.07) is 9.13. The molecule has 1 rings (SSSR count). The molecular weight excluding hydrogens is 219 g/mol. The fourth-order valence-electron chi connectivity index (χ4n) is 0.978. The third-order valence-electron chi connectivity index (χ3n) is 1.57. The lowest BCUT2D eigenvalue weighted by Crippen LogP contribution is -1.90. The number of aliphatic hydroxyl groups is 1. The Kier molecular flexibility index (Phi) is 3.91. The lowest BCUT2D eigenvalue weighted by atomic mass is 10.1. The standard InChI is InChI=1S/C9H11O5P/c10-9(14-15(11,12)13)7-6-8-4-2-1-3-5-8/h1-5,7,10H,6H2,(H2,11,12,13)/b9-7+. The molecule has 0 radical (unpaired) electrons. The number of hydrogen-bond donors (Lipinski definition) is 3. The molecule has 0 saturated heterocycles. The van der Waals surface area contributed by atoms with Gasteiger partial charge in [0.15, 0.2) is 0 Å². The van der Waals surface area contributed by atoms with Gasteiger partial charge in [0.25, 0.3) is 5.95 Å². The van der Waals surface area contributed by atoms with Gasteiger partial charge in [-0.3, -0.25) is 9.79 Å². The summed E-state index contributed by atoms with van der Waals surface area (Å²) in [4.78, 5) is 16.7. The number of phosphoric acid groups is 1. The van der Waals surface area contributed by atoms with Crippen molar-refractivity contribution in [3.8, 4) is 0 Å². The Balaban J connectivity index is 2.55. The number of phosphoric ester groups is 1. The Labute approximate surface area is 86.9 Å². The Morgan fingerprint density at radius 1 is 1.33 bits per heavy atom. The molecule has 6 heteroatoms. The molecule has 0 atom stereocenters. The van der Waals surface area contributed by atoms with Crippen LogP contribution in [0, 0.1) is 0 Å². The van der Waals surface area contributed by atoms with Crippen LogP contribution >= 0.6 is 7.82 Å². The lowest BCUT2D eigenvalue weighted by Gasteiger charge is -2.04. The highest BCUT2D eigenvalue weighted by molar-refractivity contribution is 7.46. The van der Waals surface area contributed by atoms with Crippen molar-refractivity contribution < 1.29 is 24.0 Å². The largest absolute Gasteiger partial charge is 0.527 e. The second-order valence-electron chi connectivity index (χ2n) is 2.81. The average Bonchev–Trinajstić information content (AvgIpc) is 2.14. The third kappa shape index (κ3) is 5.22. The molecular formula is C9H11O5P. The Bertz CT molecular complexity index is 381. The SMILES string of the molecule is O=P(O)(O)O/C(O)=C/Cc1ccccc1. The van der Waals surface area contributed by atoms with E-state index in [4.69, 9.17) is 14.9 Å². The number of aliphatic hydroxyl groups excluding tert-OH is 1. The second-order valence-corrected chi connectivity index (χ2v) is 3.98. The number of allylic oxidation sites excluding steroid dienone is 1. The number of hydrogen-bond acceptors (Lipinski definition) is 3. The molecule has 0 aliphatic carbocycles. The van der Waals surface area contributed by atoms with Crippen LogP contribution in [-0.4, -0.2) is 14.9 Å². The fourth-order valence-corrected chi connectivity index (χ4v) is 1.30. The molecule has 5 nitrogen and oxygen atoms in total. The zero-order valence-electron chi connectivity index (χ0n) is 7.78. The third-order valence-corrected chi connectivity index (χ3v) is 1.99. The van der Waals surface area contributed by atoms with Gasteiger partial charge >= 0.3 is 7.82 Å². The van der Waals surface area contributed by atoms with Crippen LogP contribution in [0.25, 0.3) is 0 Å². The fraction of sp³-hybridized carbons (Fsp3) is 0.111. The highest BCUT2D eigenvalue weighted by atomic mass is 31.2. The minimum atomic E-state index is -4.66. The Morgan fingerprint density at radius 3 is 2.47 bits per heavy atom. The summed E-state index contributed by atoms with van der Waals surface area (Å²) in [5.41, 5.74) is 0.901. The minimum absolute atomic E-state index is 0.340. The van der Waals surface area contributed by atoms with Crippen LogP contribution in [0.2, 0.25) is 0 Å². The van der Waals surface area contributed by atoms with Gasteiger partial charge in [-0.05, 0) is 12.0 Å². The first kappa shape index (κ1) is 11.8. The van der Waals surface area contributed by atoms with Gasteiger partial charge in [-0.15, -0.1) is 0 Å². The van der Waals surface area contributed by atoms with Gasteiger partial charge < -0.3 is 9.63 Å². The van der Waals surface area contributed by atoms with Crippen molar-refractivity contribution in [3.05, 3.63) is 47.9 Å². The van der Waals surface area contributed by atoms with Crippen LogP contribution < -0.4 is 0 Å².